The normalized spacial score (nSPS) is 20.1. The van der Waals surface area contributed by atoms with Crippen LogP contribution in [0.25, 0.3) is 0 Å². The summed E-state index contributed by atoms with van der Waals surface area (Å²) in [7, 11) is 0. The van der Waals surface area contributed by atoms with E-state index in [1.54, 1.807) is 18.3 Å². The molecule has 0 fully saturated rings. The summed E-state index contributed by atoms with van der Waals surface area (Å²) in [4.78, 5) is 14.0. The van der Waals surface area contributed by atoms with E-state index in [0.29, 0.717) is 0 Å². The number of thiophene rings is 1. The summed E-state index contributed by atoms with van der Waals surface area (Å²) >= 11 is 1.74. The van der Waals surface area contributed by atoms with E-state index >= 15 is 0 Å². The number of carbonyl (C=O) groups excluding carboxylic acids is 1. The van der Waals surface area contributed by atoms with Gasteiger partial charge in [0.25, 0.3) is 0 Å². The summed E-state index contributed by atoms with van der Waals surface area (Å²) in [6, 6.07) is 0. The van der Waals surface area contributed by atoms with Gasteiger partial charge in [0.15, 0.2) is 5.78 Å². The molecule has 1 heterocycles. The fraction of sp³-hybridized carbons (Fsp3) is 0.615. The molecule has 0 N–H and O–H groups in total. The van der Waals surface area contributed by atoms with E-state index in [0.717, 1.165) is 23.6 Å². The predicted molar refractivity (Wildman–Crippen MR) is 64.9 cm³/mol. The lowest BCUT2D eigenvalue weighted by Crippen LogP contribution is -2.12. The van der Waals surface area contributed by atoms with Crippen molar-refractivity contribution in [2.75, 3.05) is 0 Å². The second-order valence-corrected chi connectivity index (χ2v) is 5.67. The summed E-state index contributed by atoms with van der Waals surface area (Å²) in [6.45, 7) is 6.20. The fourth-order valence-electron chi connectivity index (χ4n) is 2.46. The van der Waals surface area contributed by atoms with E-state index in [-0.39, 0.29) is 5.78 Å². The average Bonchev–Trinajstić information content (AvgIpc) is 2.55. The lowest BCUT2D eigenvalue weighted by molar-refractivity contribution is 0.102. The molecule has 1 aliphatic rings. The van der Waals surface area contributed by atoms with Gasteiger partial charge in [-0.25, -0.2) is 0 Å². The Bertz CT molecular complexity index is 389. The molecule has 15 heavy (non-hydrogen) atoms. The molecular formula is C13H18OS. The van der Waals surface area contributed by atoms with Crippen LogP contribution in [0.1, 0.15) is 52.9 Å². The highest BCUT2D eigenvalue weighted by Crippen LogP contribution is 2.36. The Morgan fingerprint density at radius 2 is 2.20 bits per heavy atom. The van der Waals surface area contributed by atoms with Gasteiger partial charge in [-0.15, -0.1) is 11.3 Å². The zero-order valence-corrected chi connectivity index (χ0v) is 10.5. The van der Waals surface area contributed by atoms with Crippen molar-refractivity contribution in [1.82, 2.24) is 0 Å². The lowest BCUT2D eigenvalue weighted by Gasteiger charge is -2.20. The Hall–Kier alpha value is -0.630. The third kappa shape index (κ3) is 1.87. The van der Waals surface area contributed by atoms with Crippen molar-refractivity contribution in [3.05, 3.63) is 20.9 Å². The zero-order chi connectivity index (χ0) is 11.0. The molecule has 0 saturated heterocycles. The third-order valence-corrected chi connectivity index (χ3v) is 4.80. The third-order valence-electron chi connectivity index (χ3n) is 3.28. The first-order valence-corrected chi connectivity index (χ1v) is 6.59. The van der Waals surface area contributed by atoms with Crippen LogP contribution >= 0.6 is 11.3 Å². The van der Waals surface area contributed by atoms with Gasteiger partial charge < -0.3 is 0 Å². The smallest absolute Gasteiger partial charge is 0.170 e. The molecule has 82 valence electrons. The summed E-state index contributed by atoms with van der Waals surface area (Å²) in [6.07, 6.45) is 4.62. The van der Waals surface area contributed by atoms with Gasteiger partial charge in [0.05, 0.1) is 4.88 Å². The van der Waals surface area contributed by atoms with Crippen molar-refractivity contribution < 1.29 is 4.79 Å². The van der Waals surface area contributed by atoms with Crippen LogP contribution in [-0.4, -0.2) is 5.78 Å². The summed E-state index contributed by atoms with van der Waals surface area (Å²) in [5, 5.41) is 0. The molecule has 1 aromatic heterocycles. The van der Waals surface area contributed by atoms with Gasteiger partial charge in [0.1, 0.15) is 0 Å². The molecule has 0 aliphatic heterocycles. The van der Waals surface area contributed by atoms with E-state index in [4.69, 9.17) is 0 Å². The minimum Gasteiger partial charge on any atom is -0.294 e. The molecule has 0 bridgehead atoms. The number of hydrogen-bond acceptors (Lipinski definition) is 2. The molecule has 2 rings (SSSR count). The number of hydrogen-bond donors (Lipinski definition) is 0. The molecule has 1 aliphatic carbocycles. The number of aryl methyl sites for hydroxylation is 1. The molecule has 2 heteroatoms. The van der Waals surface area contributed by atoms with Crippen LogP contribution in [0.15, 0.2) is 0 Å². The van der Waals surface area contributed by atoms with Gasteiger partial charge in [-0.3, -0.25) is 4.79 Å². The Morgan fingerprint density at radius 1 is 1.47 bits per heavy atom. The van der Waals surface area contributed by atoms with E-state index in [1.807, 2.05) is 0 Å². The van der Waals surface area contributed by atoms with Crippen LogP contribution < -0.4 is 0 Å². The minimum atomic E-state index is 0.255. The van der Waals surface area contributed by atoms with Crippen molar-refractivity contribution in [3.63, 3.8) is 0 Å². The Balaban J connectivity index is 2.49. The highest BCUT2D eigenvalue weighted by Gasteiger charge is 2.24. The molecule has 1 aromatic rings. The van der Waals surface area contributed by atoms with Crippen LogP contribution in [-0.2, 0) is 19.3 Å². The van der Waals surface area contributed by atoms with E-state index in [2.05, 4.69) is 13.8 Å². The number of ketones is 1. The summed E-state index contributed by atoms with van der Waals surface area (Å²) in [5.41, 5.74) is 2.88. The maximum Gasteiger partial charge on any atom is 0.170 e. The van der Waals surface area contributed by atoms with Gasteiger partial charge in [-0.05, 0) is 49.7 Å². The van der Waals surface area contributed by atoms with Crippen molar-refractivity contribution in [2.24, 2.45) is 5.92 Å². The lowest BCUT2D eigenvalue weighted by atomic mass is 9.84. The zero-order valence-electron chi connectivity index (χ0n) is 9.72. The number of rotatable bonds is 2. The Labute approximate surface area is 95.5 Å². The second-order valence-electron chi connectivity index (χ2n) is 4.57. The number of Topliss-reactive ketones (excluding diaryl/α,β-unsaturated/α-hetero) is 1. The molecule has 1 atom stereocenters. The van der Waals surface area contributed by atoms with Crippen molar-refractivity contribution in [2.45, 2.75) is 46.5 Å². The second kappa shape index (κ2) is 4.09. The summed E-state index contributed by atoms with van der Waals surface area (Å²) < 4.78 is 0. The van der Waals surface area contributed by atoms with Crippen molar-refractivity contribution in [1.29, 1.82) is 0 Å². The van der Waals surface area contributed by atoms with Crippen molar-refractivity contribution in [3.8, 4) is 0 Å². The highest BCUT2D eigenvalue weighted by molar-refractivity contribution is 7.14. The van der Waals surface area contributed by atoms with Gasteiger partial charge in [-0.1, -0.05) is 13.8 Å². The molecular weight excluding hydrogens is 204 g/mol. The topological polar surface area (TPSA) is 17.1 Å². The molecule has 0 radical (unpaired) electrons. The van der Waals surface area contributed by atoms with Gasteiger partial charge >= 0.3 is 0 Å². The average molecular weight is 222 g/mol. The minimum absolute atomic E-state index is 0.255. The standard InChI is InChI=1S/C13H18OS/c1-4-12-11-7-8(2)5-6-10(11)13(15-12)9(3)14/h8H,4-7H2,1-3H3. The van der Waals surface area contributed by atoms with E-state index in [1.165, 1.54) is 28.8 Å². The van der Waals surface area contributed by atoms with Crippen molar-refractivity contribution >= 4 is 17.1 Å². The van der Waals surface area contributed by atoms with Gasteiger partial charge in [0, 0.05) is 4.88 Å². The number of carbonyl (C=O) groups is 1. The van der Waals surface area contributed by atoms with E-state index < -0.39 is 0 Å². The van der Waals surface area contributed by atoms with Crippen LogP contribution in [0.5, 0.6) is 0 Å². The van der Waals surface area contributed by atoms with Crippen LogP contribution in [0, 0.1) is 5.92 Å². The molecule has 1 unspecified atom stereocenters. The maximum absolute atomic E-state index is 11.5. The van der Waals surface area contributed by atoms with E-state index in [9.17, 15) is 4.79 Å². The van der Waals surface area contributed by atoms with Gasteiger partial charge in [-0.2, -0.15) is 0 Å². The SMILES string of the molecule is CCc1sc(C(C)=O)c2c1CC(C)CC2. The predicted octanol–water partition coefficient (Wildman–Crippen LogP) is 3.64. The highest BCUT2D eigenvalue weighted by atomic mass is 32.1. The van der Waals surface area contributed by atoms with Crippen LogP contribution in [0.3, 0.4) is 0 Å². The molecule has 1 nitrogen and oxygen atoms in total. The Kier molecular flexibility index (Phi) is 2.96. The number of fused-ring (bicyclic) bond motifs is 1. The van der Waals surface area contributed by atoms with Crippen LogP contribution in [0.4, 0.5) is 0 Å². The quantitative estimate of drug-likeness (QED) is 0.698. The first-order valence-electron chi connectivity index (χ1n) is 5.77. The molecule has 0 amide bonds. The molecule has 0 saturated carbocycles. The maximum atomic E-state index is 11.5. The molecule has 0 aromatic carbocycles. The fourth-order valence-corrected chi connectivity index (χ4v) is 3.68. The Morgan fingerprint density at radius 3 is 2.80 bits per heavy atom. The first kappa shape index (κ1) is 10.9. The largest absolute Gasteiger partial charge is 0.294 e. The summed E-state index contributed by atoms with van der Waals surface area (Å²) in [5.74, 6) is 1.04. The first-order chi connectivity index (χ1) is 7.13. The van der Waals surface area contributed by atoms with Crippen LogP contribution in [0.2, 0.25) is 0 Å². The van der Waals surface area contributed by atoms with Gasteiger partial charge in [0.2, 0.25) is 0 Å². The molecule has 0 spiro atoms. The monoisotopic (exact) mass is 222 g/mol.